The molecule has 1 fully saturated rings. The maximum absolute atomic E-state index is 14.4. The molecule has 1 aliphatic heterocycles. The second kappa shape index (κ2) is 7.97. The summed E-state index contributed by atoms with van der Waals surface area (Å²) >= 11 is 0. The average molecular weight is 398 g/mol. The van der Waals surface area contributed by atoms with Gasteiger partial charge in [-0.2, -0.15) is 13.2 Å². The molecule has 0 saturated carbocycles. The second-order valence-electron chi connectivity index (χ2n) is 7.08. The molecule has 2 aromatic heterocycles. The topological polar surface area (TPSA) is 52.8 Å². The summed E-state index contributed by atoms with van der Waals surface area (Å²) in [7, 11) is 1.84. The van der Waals surface area contributed by atoms with Crippen molar-refractivity contribution in [3.63, 3.8) is 0 Å². The number of anilines is 1. The maximum Gasteiger partial charge on any atom is 0.394 e. The van der Waals surface area contributed by atoms with Crippen LogP contribution in [0.3, 0.4) is 0 Å². The Morgan fingerprint density at radius 3 is 2.82 bits per heavy atom. The molecule has 0 spiro atoms. The Kier molecular flexibility index (Phi) is 5.82. The first-order valence-corrected chi connectivity index (χ1v) is 8.99. The van der Waals surface area contributed by atoms with Crippen molar-refractivity contribution >= 4 is 11.3 Å². The van der Waals surface area contributed by atoms with Gasteiger partial charge in [0.2, 0.25) is 0 Å². The van der Waals surface area contributed by atoms with E-state index in [1.165, 1.54) is 17.5 Å². The molecule has 1 saturated heterocycles. The number of halogens is 4. The van der Waals surface area contributed by atoms with Crippen molar-refractivity contribution in [1.82, 2.24) is 14.3 Å². The number of aromatic nitrogens is 2. The molecule has 5 nitrogen and oxygen atoms in total. The average Bonchev–Trinajstić information content (AvgIpc) is 2.92. The van der Waals surface area contributed by atoms with Crippen LogP contribution in [0.15, 0.2) is 18.3 Å². The molecule has 0 amide bonds. The van der Waals surface area contributed by atoms with Gasteiger partial charge >= 0.3 is 6.18 Å². The number of hydrogen-bond acceptors (Lipinski definition) is 4. The van der Waals surface area contributed by atoms with E-state index in [9.17, 15) is 22.7 Å². The molecule has 2 aromatic rings. The van der Waals surface area contributed by atoms with Gasteiger partial charge in [-0.25, -0.2) is 9.37 Å². The van der Waals surface area contributed by atoms with Crippen LogP contribution in [-0.4, -0.2) is 64.0 Å². The Morgan fingerprint density at radius 2 is 2.18 bits per heavy atom. The lowest BCUT2D eigenvalue weighted by atomic mass is 10.0. The molecule has 0 aromatic carbocycles. The van der Waals surface area contributed by atoms with Gasteiger partial charge in [0.05, 0.1) is 23.8 Å². The van der Waals surface area contributed by atoms with Gasteiger partial charge in [-0.3, -0.25) is 0 Å². The molecule has 152 valence electrons. The van der Waals surface area contributed by atoms with E-state index < -0.39 is 30.9 Å². The highest BCUT2D eigenvalue weighted by Gasteiger charge is 2.32. The molecule has 0 aliphatic carbocycles. The van der Waals surface area contributed by atoms with Gasteiger partial charge in [0.15, 0.2) is 5.65 Å². The van der Waals surface area contributed by atoms with Crippen molar-refractivity contribution in [2.24, 2.45) is 0 Å². The summed E-state index contributed by atoms with van der Waals surface area (Å²) in [6, 6.07) is 2.80. The first kappa shape index (κ1) is 20.4. The predicted octanol–water partition coefficient (Wildman–Crippen LogP) is 2.63. The van der Waals surface area contributed by atoms with Crippen LogP contribution in [0.25, 0.3) is 5.65 Å². The van der Waals surface area contributed by atoms with Gasteiger partial charge in [-0.1, -0.05) is 5.92 Å². The Hall–Kier alpha value is -2.31. The van der Waals surface area contributed by atoms with Crippen LogP contribution in [-0.2, 0) is 6.42 Å². The third kappa shape index (κ3) is 4.75. The SMILES string of the molecule is C[C@H](O)C#Cc1nc2c(N[C@@H]3CCN(C)C[C@@H]3F)cccn2c1CC(F)(F)F. The smallest absolute Gasteiger partial charge is 0.381 e. The molecule has 0 unspecified atom stereocenters. The fourth-order valence-corrected chi connectivity index (χ4v) is 3.28. The van der Waals surface area contributed by atoms with E-state index in [1.54, 1.807) is 12.1 Å². The summed E-state index contributed by atoms with van der Waals surface area (Å²) in [5.74, 6) is 4.97. The number of hydrogen-bond donors (Lipinski definition) is 2. The van der Waals surface area contributed by atoms with Crippen LogP contribution in [0, 0.1) is 11.8 Å². The molecule has 3 rings (SSSR count). The van der Waals surface area contributed by atoms with Crippen LogP contribution >= 0.6 is 0 Å². The molecule has 2 N–H and O–H groups in total. The maximum atomic E-state index is 14.4. The Bertz CT molecular complexity index is 897. The van der Waals surface area contributed by atoms with Gasteiger partial charge in [0, 0.05) is 19.3 Å². The lowest BCUT2D eigenvalue weighted by Crippen LogP contribution is -2.46. The number of likely N-dealkylation sites (tertiary alicyclic amines) is 1. The van der Waals surface area contributed by atoms with Crippen molar-refractivity contribution in [2.45, 2.75) is 44.3 Å². The van der Waals surface area contributed by atoms with Gasteiger partial charge in [0.25, 0.3) is 0 Å². The van der Waals surface area contributed by atoms with Gasteiger partial charge in [-0.05, 0) is 38.4 Å². The lowest BCUT2D eigenvalue weighted by Gasteiger charge is -2.33. The molecular weight excluding hydrogens is 376 g/mol. The molecule has 3 heterocycles. The fraction of sp³-hybridized carbons (Fsp3) is 0.526. The third-order valence-electron chi connectivity index (χ3n) is 4.60. The van der Waals surface area contributed by atoms with E-state index in [0.29, 0.717) is 18.7 Å². The van der Waals surface area contributed by atoms with Crippen molar-refractivity contribution in [1.29, 1.82) is 0 Å². The number of imidazole rings is 1. The van der Waals surface area contributed by atoms with Crippen molar-refractivity contribution in [2.75, 3.05) is 25.5 Å². The largest absolute Gasteiger partial charge is 0.394 e. The third-order valence-corrected chi connectivity index (χ3v) is 4.60. The van der Waals surface area contributed by atoms with Crippen molar-refractivity contribution < 1.29 is 22.7 Å². The summed E-state index contributed by atoms with van der Waals surface area (Å²) in [5, 5.41) is 12.4. The number of fused-ring (bicyclic) bond motifs is 1. The number of rotatable bonds is 3. The van der Waals surface area contributed by atoms with E-state index in [4.69, 9.17) is 0 Å². The first-order valence-electron chi connectivity index (χ1n) is 8.99. The number of piperidine rings is 1. The van der Waals surface area contributed by atoms with E-state index in [-0.39, 0.29) is 17.0 Å². The molecule has 0 radical (unpaired) electrons. The Balaban J connectivity index is 2.01. The summed E-state index contributed by atoms with van der Waals surface area (Å²) in [6.07, 6.45) is -5.70. The van der Waals surface area contributed by atoms with Crippen molar-refractivity contribution in [3.8, 4) is 11.8 Å². The zero-order chi connectivity index (χ0) is 20.5. The second-order valence-corrected chi connectivity index (χ2v) is 7.08. The standard InChI is InChI=1S/C19H22F4N4O/c1-12(28)5-6-15-17(10-19(21,22)23)27-8-3-4-16(18(27)25-15)24-14-7-9-26(2)11-13(14)20/h3-4,8,12-14,24,28H,7,9-11H2,1-2H3/t12-,13-,14+/m0/s1. The minimum absolute atomic E-state index is 0.0485. The molecule has 0 bridgehead atoms. The Morgan fingerprint density at radius 1 is 1.43 bits per heavy atom. The minimum Gasteiger partial charge on any atom is -0.381 e. The van der Waals surface area contributed by atoms with E-state index in [1.807, 2.05) is 11.9 Å². The fourth-order valence-electron chi connectivity index (χ4n) is 3.28. The summed E-state index contributed by atoms with van der Waals surface area (Å²) in [5.41, 5.74) is 0.545. The first-order chi connectivity index (χ1) is 13.1. The molecule has 9 heteroatoms. The van der Waals surface area contributed by atoms with Crippen LogP contribution in [0.4, 0.5) is 23.2 Å². The highest BCUT2D eigenvalue weighted by atomic mass is 19.4. The number of pyridine rings is 1. The van der Waals surface area contributed by atoms with Crippen LogP contribution < -0.4 is 5.32 Å². The molecule has 3 atom stereocenters. The molecule has 28 heavy (non-hydrogen) atoms. The van der Waals surface area contributed by atoms with E-state index in [2.05, 4.69) is 22.1 Å². The number of aliphatic hydroxyl groups excluding tert-OH is 1. The highest BCUT2D eigenvalue weighted by Crippen LogP contribution is 2.28. The van der Waals surface area contributed by atoms with E-state index in [0.717, 1.165) is 6.54 Å². The molecule has 1 aliphatic rings. The normalized spacial score (nSPS) is 22.0. The number of alkyl halides is 4. The van der Waals surface area contributed by atoms with Crippen LogP contribution in [0.1, 0.15) is 24.7 Å². The number of aliphatic hydroxyl groups is 1. The highest BCUT2D eigenvalue weighted by molar-refractivity contribution is 5.70. The zero-order valence-electron chi connectivity index (χ0n) is 15.6. The molecular formula is C19H22F4N4O. The lowest BCUT2D eigenvalue weighted by molar-refractivity contribution is -0.128. The van der Waals surface area contributed by atoms with Gasteiger partial charge < -0.3 is 19.7 Å². The van der Waals surface area contributed by atoms with Gasteiger partial charge in [-0.15, -0.1) is 0 Å². The predicted molar refractivity (Wildman–Crippen MR) is 97.9 cm³/mol. The quantitative estimate of drug-likeness (QED) is 0.617. The number of nitrogens with zero attached hydrogens (tertiary/aromatic N) is 3. The Labute approximate surface area is 160 Å². The summed E-state index contributed by atoms with van der Waals surface area (Å²) in [6.45, 7) is 2.43. The summed E-state index contributed by atoms with van der Waals surface area (Å²) in [4.78, 5) is 6.15. The van der Waals surface area contributed by atoms with Crippen LogP contribution in [0.2, 0.25) is 0 Å². The van der Waals surface area contributed by atoms with Crippen LogP contribution in [0.5, 0.6) is 0 Å². The zero-order valence-corrected chi connectivity index (χ0v) is 15.6. The van der Waals surface area contributed by atoms with Crippen molar-refractivity contribution in [3.05, 3.63) is 29.7 Å². The van der Waals surface area contributed by atoms with E-state index >= 15 is 0 Å². The van der Waals surface area contributed by atoms with Gasteiger partial charge in [0.1, 0.15) is 18.0 Å². The minimum atomic E-state index is -4.45. The monoisotopic (exact) mass is 398 g/mol. The summed E-state index contributed by atoms with van der Waals surface area (Å²) < 4.78 is 54.9. The number of nitrogens with one attached hydrogen (secondary N) is 1.